The fraction of sp³-hybridized carbons (Fsp3) is 0.667. The highest BCUT2D eigenvalue weighted by molar-refractivity contribution is 5.30. The van der Waals surface area contributed by atoms with Crippen molar-refractivity contribution in [3.63, 3.8) is 0 Å². The zero-order chi connectivity index (χ0) is 14.7. The minimum Gasteiger partial charge on any atom is -0.503 e. The van der Waals surface area contributed by atoms with E-state index < -0.39 is 0 Å². The monoisotopic (exact) mass is 280 g/mol. The molecule has 0 bridgehead atoms. The molecular weight excluding hydrogens is 256 g/mol. The van der Waals surface area contributed by atoms with Gasteiger partial charge in [0.15, 0.2) is 5.75 Å². The van der Waals surface area contributed by atoms with Gasteiger partial charge in [0, 0.05) is 37.4 Å². The third-order valence-electron chi connectivity index (χ3n) is 4.03. The molecule has 5 nitrogen and oxygen atoms in total. The van der Waals surface area contributed by atoms with E-state index in [0.717, 1.165) is 30.9 Å². The number of morpholine rings is 1. The molecule has 2 rings (SSSR count). The van der Waals surface area contributed by atoms with E-state index in [1.165, 1.54) is 6.07 Å². The maximum Gasteiger partial charge on any atom is 0.223 e. The van der Waals surface area contributed by atoms with Gasteiger partial charge in [0.1, 0.15) is 0 Å². The Morgan fingerprint density at radius 1 is 1.40 bits per heavy atom. The van der Waals surface area contributed by atoms with Gasteiger partial charge >= 0.3 is 0 Å². The minimum atomic E-state index is -0.287. The second kappa shape index (κ2) is 6.41. The van der Waals surface area contributed by atoms with Crippen molar-refractivity contribution >= 4 is 0 Å². The number of rotatable bonds is 4. The van der Waals surface area contributed by atoms with E-state index in [1.54, 1.807) is 0 Å². The SMILES string of the molecule is CCC(C)n1c(C)cc(=O)c(O)c1CN1CCOCC1. The van der Waals surface area contributed by atoms with Gasteiger partial charge in [-0.15, -0.1) is 0 Å². The minimum absolute atomic E-state index is 0.109. The van der Waals surface area contributed by atoms with Gasteiger partial charge in [0.05, 0.1) is 18.9 Å². The maximum absolute atomic E-state index is 11.9. The smallest absolute Gasteiger partial charge is 0.223 e. The van der Waals surface area contributed by atoms with Crippen LogP contribution in [0.1, 0.15) is 37.7 Å². The Kier molecular flexibility index (Phi) is 4.83. The molecular formula is C15H24N2O3. The number of aromatic nitrogens is 1. The van der Waals surface area contributed by atoms with Crippen molar-refractivity contribution in [3.8, 4) is 5.75 Å². The average Bonchev–Trinajstić information content (AvgIpc) is 2.45. The molecule has 1 aromatic rings. The standard InChI is InChI=1S/C15H24N2O3/c1-4-11(2)17-12(3)9-14(18)15(19)13(17)10-16-5-7-20-8-6-16/h9,11,19H,4-8,10H2,1-3H3. The number of hydrogen-bond donors (Lipinski definition) is 1. The van der Waals surface area contributed by atoms with E-state index in [9.17, 15) is 9.90 Å². The van der Waals surface area contributed by atoms with Crippen LogP contribution in [0.5, 0.6) is 5.75 Å². The Morgan fingerprint density at radius 2 is 2.05 bits per heavy atom. The zero-order valence-corrected chi connectivity index (χ0v) is 12.6. The second-order valence-electron chi connectivity index (χ2n) is 5.46. The van der Waals surface area contributed by atoms with Crippen molar-refractivity contribution in [2.75, 3.05) is 26.3 Å². The summed E-state index contributed by atoms with van der Waals surface area (Å²) in [6.07, 6.45) is 0.958. The van der Waals surface area contributed by atoms with Crippen molar-refractivity contribution < 1.29 is 9.84 Å². The van der Waals surface area contributed by atoms with Gasteiger partial charge in [-0.1, -0.05) is 6.92 Å². The summed E-state index contributed by atoms with van der Waals surface area (Å²) in [7, 11) is 0. The van der Waals surface area contributed by atoms with E-state index in [4.69, 9.17) is 4.74 Å². The molecule has 0 radical (unpaired) electrons. The first-order valence-electron chi connectivity index (χ1n) is 7.28. The van der Waals surface area contributed by atoms with Crippen LogP contribution in [0.4, 0.5) is 0 Å². The third-order valence-corrected chi connectivity index (χ3v) is 4.03. The summed E-state index contributed by atoms with van der Waals surface area (Å²) in [5, 5.41) is 10.2. The van der Waals surface area contributed by atoms with E-state index >= 15 is 0 Å². The molecule has 0 spiro atoms. The summed E-state index contributed by atoms with van der Waals surface area (Å²) in [6.45, 7) is 9.83. The first-order chi connectivity index (χ1) is 9.54. The molecule has 1 atom stereocenters. The van der Waals surface area contributed by atoms with E-state index in [0.29, 0.717) is 19.8 Å². The van der Waals surface area contributed by atoms with Crippen molar-refractivity contribution in [2.24, 2.45) is 0 Å². The maximum atomic E-state index is 11.9. The Balaban J connectivity index is 2.39. The van der Waals surface area contributed by atoms with Crippen molar-refractivity contribution in [3.05, 3.63) is 27.7 Å². The third kappa shape index (κ3) is 3.04. The van der Waals surface area contributed by atoms with Crippen LogP contribution >= 0.6 is 0 Å². The quantitative estimate of drug-likeness (QED) is 0.911. The molecule has 0 amide bonds. The van der Waals surface area contributed by atoms with Crippen LogP contribution in [0.2, 0.25) is 0 Å². The Morgan fingerprint density at radius 3 is 2.65 bits per heavy atom. The summed E-state index contributed by atoms with van der Waals surface area (Å²) >= 11 is 0. The first-order valence-corrected chi connectivity index (χ1v) is 7.28. The molecule has 1 N–H and O–H groups in total. The Hall–Kier alpha value is -1.33. The number of nitrogens with zero attached hydrogens (tertiary/aromatic N) is 2. The van der Waals surface area contributed by atoms with Crippen LogP contribution in [-0.4, -0.2) is 40.9 Å². The number of hydrogen-bond acceptors (Lipinski definition) is 4. The molecule has 0 aromatic carbocycles. The van der Waals surface area contributed by atoms with Gasteiger partial charge in [-0.2, -0.15) is 0 Å². The first kappa shape index (κ1) is 15.1. The highest BCUT2D eigenvalue weighted by Crippen LogP contribution is 2.23. The van der Waals surface area contributed by atoms with Gasteiger partial charge < -0.3 is 14.4 Å². The van der Waals surface area contributed by atoms with Gasteiger partial charge in [-0.05, 0) is 20.3 Å². The fourth-order valence-corrected chi connectivity index (χ4v) is 2.72. The summed E-state index contributed by atoms with van der Waals surface area (Å²) in [6, 6.07) is 1.78. The zero-order valence-electron chi connectivity index (χ0n) is 12.6. The van der Waals surface area contributed by atoms with Crippen LogP contribution < -0.4 is 5.43 Å². The lowest BCUT2D eigenvalue weighted by atomic mass is 10.1. The van der Waals surface area contributed by atoms with Crippen LogP contribution in [0.15, 0.2) is 10.9 Å². The lowest BCUT2D eigenvalue weighted by Crippen LogP contribution is -2.37. The topological polar surface area (TPSA) is 54.7 Å². The van der Waals surface area contributed by atoms with E-state index in [2.05, 4.69) is 23.3 Å². The molecule has 112 valence electrons. The predicted molar refractivity (Wildman–Crippen MR) is 78.2 cm³/mol. The number of aromatic hydroxyl groups is 1. The summed E-state index contributed by atoms with van der Waals surface area (Å²) in [5.41, 5.74) is 1.35. The molecule has 1 aromatic heterocycles. The van der Waals surface area contributed by atoms with Crippen LogP contribution in [0.3, 0.4) is 0 Å². The van der Waals surface area contributed by atoms with E-state index in [-0.39, 0.29) is 17.2 Å². The molecule has 0 saturated carbocycles. The lowest BCUT2D eigenvalue weighted by molar-refractivity contribution is 0.0325. The molecule has 5 heteroatoms. The highest BCUT2D eigenvalue weighted by Gasteiger charge is 2.20. The normalized spacial score (nSPS) is 18.1. The van der Waals surface area contributed by atoms with Crippen molar-refractivity contribution in [1.29, 1.82) is 0 Å². The summed E-state index contributed by atoms with van der Waals surface area (Å²) < 4.78 is 7.43. The summed E-state index contributed by atoms with van der Waals surface area (Å²) in [5.74, 6) is -0.109. The molecule has 1 unspecified atom stereocenters. The number of ether oxygens (including phenoxy) is 1. The molecule has 2 heterocycles. The molecule has 20 heavy (non-hydrogen) atoms. The second-order valence-corrected chi connectivity index (χ2v) is 5.46. The average molecular weight is 280 g/mol. The van der Waals surface area contributed by atoms with Crippen molar-refractivity contribution in [2.45, 2.75) is 39.8 Å². The molecule has 1 aliphatic heterocycles. The highest BCUT2D eigenvalue weighted by atomic mass is 16.5. The van der Waals surface area contributed by atoms with Gasteiger partial charge in [-0.3, -0.25) is 9.69 Å². The van der Waals surface area contributed by atoms with Gasteiger partial charge in [0.25, 0.3) is 0 Å². The van der Waals surface area contributed by atoms with Crippen LogP contribution in [0.25, 0.3) is 0 Å². The van der Waals surface area contributed by atoms with Crippen LogP contribution in [-0.2, 0) is 11.3 Å². The Labute approximate surface area is 119 Å². The van der Waals surface area contributed by atoms with Gasteiger partial charge in [-0.25, -0.2) is 0 Å². The molecule has 1 saturated heterocycles. The lowest BCUT2D eigenvalue weighted by Gasteiger charge is -2.30. The largest absolute Gasteiger partial charge is 0.503 e. The number of pyridine rings is 1. The summed E-state index contributed by atoms with van der Waals surface area (Å²) in [4.78, 5) is 14.1. The van der Waals surface area contributed by atoms with E-state index in [1.807, 2.05) is 6.92 Å². The predicted octanol–water partition coefficient (Wildman–Crippen LogP) is 1.67. The van der Waals surface area contributed by atoms with Gasteiger partial charge in [0.2, 0.25) is 5.43 Å². The molecule has 1 fully saturated rings. The number of aryl methyl sites for hydroxylation is 1. The molecule has 0 aliphatic carbocycles. The van der Waals surface area contributed by atoms with Crippen molar-refractivity contribution in [1.82, 2.24) is 9.47 Å². The molecule has 1 aliphatic rings. The van der Waals surface area contributed by atoms with Crippen LogP contribution in [0, 0.1) is 6.92 Å². The fourth-order valence-electron chi connectivity index (χ4n) is 2.72. The Bertz CT molecular complexity index is 519.